The van der Waals surface area contributed by atoms with Crippen LogP contribution in [0.25, 0.3) is 11.1 Å². The number of pyridine rings is 1. The average molecular weight is 277 g/mol. The third-order valence-corrected chi connectivity index (χ3v) is 3.23. The van der Waals surface area contributed by atoms with E-state index in [-0.39, 0.29) is 5.56 Å². The van der Waals surface area contributed by atoms with Gasteiger partial charge in [0.25, 0.3) is 5.56 Å². The van der Waals surface area contributed by atoms with Crippen LogP contribution in [0.1, 0.15) is 5.56 Å². The molecule has 3 aromatic rings. The Labute approximate surface area is 122 Å². The third kappa shape index (κ3) is 3.20. The molecule has 0 aliphatic heterocycles. The molecule has 0 saturated carbocycles. The highest BCUT2D eigenvalue weighted by molar-refractivity contribution is 5.62. The van der Waals surface area contributed by atoms with Gasteiger partial charge in [-0.1, -0.05) is 42.5 Å². The van der Waals surface area contributed by atoms with Crippen molar-refractivity contribution in [2.45, 2.75) is 6.61 Å². The lowest BCUT2D eigenvalue weighted by Gasteiger charge is -2.07. The van der Waals surface area contributed by atoms with Crippen molar-refractivity contribution in [1.29, 1.82) is 0 Å². The SMILES string of the molecule is O=c1[nH]cccc1-c1ccc(OCc2ccccc2)cc1. The Kier molecular flexibility index (Phi) is 3.83. The van der Waals surface area contributed by atoms with Crippen molar-refractivity contribution in [2.24, 2.45) is 0 Å². The molecule has 0 saturated heterocycles. The number of nitrogens with one attached hydrogen (secondary N) is 1. The van der Waals surface area contributed by atoms with E-state index < -0.39 is 0 Å². The second-order valence-electron chi connectivity index (χ2n) is 4.71. The largest absolute Gasteiger partial charge is 0.489 e. The molecule has 0 radical (unpaired) electrons. The molecule has 1 heterocycles. The third-order valence-electron chi connectivity index (χ3n) is 3.23. The van der Waals surface area contributed by atoms with Crippen molar-refractivity contribution in [3.63, 3.8) is 0 Å². The van der Waals surface area contributed by atoms with E-state index in [9.17, 15) is 4.79 Å². The van der Waals surface area contributed by atoms with Crippen molar-refractivity contribution >= 4 is 0 Å². The van der Waals surface area contributed by atoms with Crippen molar-refractivity contribution in [3.05, 3.63) is 88.8 Å². The van der Waals surface area contributed by atoms with Gasteiger partial charge in [0.2, 0.25) is 0 Å². The van der Waals surface area contributed by atoms with Gasteiger partial charge in [0, 0.05) is 11.8 Å². The van der Waals surface area contributed by atoms with Gasteiger partial charge in [-0.3, -0.25) is 4.79 Å². The molecular formula is C18H15NO2. The Morgan fingerprint density at radius 2 is 1.62 bits per heavy atom. The van der Waals surface area contributed by atoms with Gasteiger partial charge in [0.1, 0.15) is 12.4 Å². The molecule has 0 aliphatic carbocycles. The van der Waals surface area contributed by atoms with E-state index in [4.69, 9.17) is 4.74 Å². The summed E-state index contributed by atoms with van der Waals surface area (Å²) < 4.78 is 5.73. The van der Waals surface area contributed by atoms with Gasteiger partial charge >= 0.3 is 0 Å². The molecule has 0 atom stereocenters. The lowest BCUT2D eigenvalue weighted by Crippen LogP contribution is -2.06. The maximum atomic E-state index is 11.7. The number of hydrogen-bond donors (Lipinski definition) is 1. The average Bonchev–Trinajstić information content (AvgIpc) is 2.55. The lowest BCUT2D eigenvalue weighted by molar-refractivity contribution is 0.306. The molecule has 3 rings (SSSR count). The van der Waals surface area contributed by atoms with Crippen molar-refractivity contribution in [2.75, 3.05) is 0 Å². The van der Waals surface area contributed by atoms with E-state index in [0.717, 1.165) is 16.9 Å². The standard InChI is InChI=1S/C18H15NO2/c20-18-17(7-4-12-19-18)15-8-10-16(11-9-15)21-13-14-5-2-1-3-6-14/h1-12H,13H2,(H,19,20). The van der Waals surface area contributed by atoms with Crippen LogP contribution in [0.5, 0.6) is 5.75 Å². The fourth-order valence-corrected chi connectivity index (χ4v) is 2.12. The Balaban J connectivity index is 1.73. The molecule has 104 valence electrons. The molecule has 21 heavy (non-hydrogen) atoms. The summed E-state index contributed by atoms with van der Waals surface area (Å²) >= 11 is 0. The maximum absolute atomic E-state index is 11.7. The zero-order valence-corrected chi connectivity index (χ0v) is 11.5. The number of rotatable bonds is 4. The zero-order valence-electron chi connectivity index (χ0n) is 11.5. The van der Waals surface area contributed by atoms with E-state index in [2.05, 4.69) is 4.98 Å². The monoisotopic (exact) mass is 277 g/mol. The molecule has 0 unspecified atom stereocenters. The summed E-state index contributed by atoms with van der Waals surface area (Å²) in [6.45, 7) is 0.534. The van der Waals surface area contributed by atoms with Gasteiger partial charge in [0.05, 0.1) is 0 Å². The molecule has 3 nitrogen and oxygen atoms in total. The van der Waals surface area contributed by atoms with Crippen LogP contribution in [0.3, 0.4) is 0 Å². The normalized spacial score (nSPS) is 10.3. The Hall–Kier alpha value is -2.81. The van der Waals surface area contributed by atoms with Gasteiger partial charge < -0.3 is 9.72 Å². The van der Waals surface area contributed by atoms with Crippen molar-refractivity contribution in [1.82, 2.24) is 4.98 Å². The topological polar surface area (TPSA) is 42.1 Å². The number of aromatic nitrogens is 1. The van der Waals surface area contributed by atoms with E-state index >= 15 is 0 Å². The Bertz CT molecular complexity index is 761. The first kappa shape index (κ1) is 13.2. The number of H-pyrrole nitrogens is 1. The van der Waals surface area contributed by atoms with Gasteiger partial charge in [-0.15, -0.1) is 0 Å². The predicted molar refractivity (Wildman–Crippen MR) is 83.3 cm³/mol. The summed E-state index contributed by atoms with van der Waals surface area (Å²) in [5.74, 6) is 0.787. The molecule has 2 aromatic carbocycles. The quantitative estimate of drug-likeness (QED) is 0.791. The van der Waals surface area contributed by atoms with Crippen LogP contribution < -0.4 is 10.3 Å². The Morgan fingerprint density at radius 1 is 0.857 bits per heavy atom. The van der Waals surface area contributed by atoms with Crippen LogP contribution in [0.15, 0.2) is 77.7 Å². The number of aromatic amines is 1. The summed E-state index contributed by atoms with van der Waals surface area (Å²) in [5.41, 5.74) is 2.58. The number of benzene rings is 2. The zero-order chi connectivity index (χ0) is 14.5. The molecular weight excluding hydrogens is 262 g/mol. The van der Waals surface area contributed by atoms with Crippen molar-refractivity contribution in [3.8, 4) is 16.9 Å². The van der Waals surface area contributed by atoms with Crippen LogP contribution in [0.4, 0.5) is 0 Å². The number of ether oxygens (including phenoxy) is 1. The second kappa shape index (κ2) is 6.09. The highest BCUT2D eigenvalue weighted by Crippen LogP contribution is 2.20. The first-order valence-corrected chi connectivity index (χ1v) is 6.78. The minimum atomic E-state index is -0.0875. The van der Waals surface area contributed by atoms with Gasteiger partial charge in [0.15, 0.2) is 0 Å². The highest BCUT2D eigenvalue weighted by atomic mass is 16.5. The maximum Gasteiger partial charge on any atom is 0.255 e. The van der Waals surface area contributed by atoms with Gasteiger partial charge in [-0.05, 0) is 35.4 Å². The van der Waals surface area contributed by atoms with E-state index in [1.54, 1.807) is 12.3 Å². The van der Waals surface area contributed by atoms with Crippen LogP contribution in [0.2, 0.25) is 0 Å². The second-order valence-corrected chi connectivity index (χ2v) is 4.71. The molecule has 3 heteroatoms. The first-order chi connectivity index (χ1) is 10.3. The molecule has 1 N–H and O–H groups in total. The number of hydrogen-bond acceptors (Lipinski definition) is 2. The predicted octanol–water partition coefficient (Wildman–Crippen LogP) is 3.62. The van der Waals surface area contributed by atoms with E-state index in [1.807, 2.05) is 60.7 Å². The van der Waals surface area contributed by atoms with Crippen LogP contribution in [-0.2, 0) is 6.61 Å². The molecule has 0 spiro atoms. The smallest absolute Gasteiger partial charge is 0.255 e. The summed E-state index contributed by atoms with van der Waals surface area (Å²) in [6.07, 6.45) is 1.63. The summed E-state index contributed by atoms with van der Waals surface area (Å²) in [6, 6.07) is 21.2. The molecule has 1 aromatic heterocycles. The lowest BCUT2D eigenvalue weighted by atomic mass is 10.1. The van der Waals surface area contributed by atoms with Crippen molar-refractivity contribution < 1.29 is 4.74 Å². The minimum absolute atomic E-state index is 0.0875. The highest BCUT2D eigenvalue weighted by Gasteiger charge is 2.02. The van der Waals surface area contributed by atoms with Crippen LogP contribution in [-0.4, -0.2) is 4.98 Å². The molecule has 0 aliphatic rings. The minimum Gasteiger partial charge on any atom is -0.489 e. The summed E-state index contributed by atoms with van der Waals surface area (Å²) in [4.78, 5) is 14.4. The Morgan fingerprint density at radius 3 is 2.33 bits per heavy atom. The molecule has 0 bridgehead atoms. The first-order valence-electron chi connectivity index (χ1n) is 6.78. The van der Waals surface area contributed by atoms with E-state index in [0.29, 0.717) is 12.2 Å². The van der Waals surface area contributed by atoms with Crippen LogP contribution in [0, 0.1) is 0 Å². The van der Waals surface area contributed by atoms with Crippen LogP contribution >= 0.6 is 0 Å². The summed E-state index contributed by atoms with van der Waals surface area (Å²) in [7, 11) is 0. The molecule has 0 fully saturated rings. The summed E-state index contributed by atoms with van der Waals surface area (Å²) in [5, 5.41) is 0. The fourth-order valence-electron chi connectivity index (χ4n) is 2.12. The van der Waals surface area contributed by atoms with Gasteiger partial charge in [-0.2, -0.15) is 0 Å². The van der Waals surface area contributed by atoms with Gasteiger partial charge in [-0.25, -0.2) is 0 Å². The molecule has 0 amide bonds. The fraction of sp³-hybridized carbons (Fsp3) is 0.0556. The van der Waals surface area contributed by atoms with E-state index in [1.165, 1.54) is 0 Å².